The zero-order valence-electron chi connectivity index (χ0n) is 12.6. The lowest BCUT2D eigenvalue weighted by Gasteiger charge is -2.11. The maximum absolute atomic E-state index is 11.6. The van der Waals surface area contributed by atoms with Gasteiger partial charge in [0.2, 0.25) is 0 Å². The number of hydrogen-bond acceptors (Lipinski definition) is 4. The quantitative estimate of drug-likeness (QED) is 0.577. The number of anilines is 1. The van der Waals surface area contributed by atoms with Crippen LogP contribution in [0.3, 0.4) is 0 Å². The Labute approximate surface area is 148 Å². The van der Waals surface area contributed by atoms with Crippen molar-refractivity contribution in [3.8, 4) is 0 Å². The van der Waals surface area contributed by atoms with E-state index in [1.165, 1.54) is 0 Å². The van der Waals surface area contributed by atoms with E-state index in [1.807, 2.05) is 10.9 Å². The van der Waals surface area contributed by atoms with E-state index in [-0.39, 0.29) is 5.97 Å². The molecule has 0 saturated heterocycles. The van der Waals surface area contributed by atoms with Gasteiger partial charge >= 0.3 is 5.97 Å². The molecular weight excluding hydrogens is 380 g/mol. The van der Waals surface area contributed by atoms with Crippen LogP contribution in [-0.2, 0) is 11.3 Å². The summed E-state index contributed by atoms with van der Waals surface area (Å²) >= 11 is 8.58. The molecule has 0 atom stereocenters. The highest BCUT2D eigenvalue weighted by Crippen LogP contribution is 2.10. The van der Waals surface area contributed by atoms with Crippen LogP contribution in [0.1, 0.15) is 17.3 Å². The van der Waals surface area contributed by atoms with Gasteiger partial charge in [-0.05, 0) is 59.3 Å². The van der Waals surface area contributed by atoms with Crippen LogP contribution in [0.2, 0.25) is 0 Å². The van der Waals surface area contributed by atoms with Gasteiger partial charge in [0.05, 0.1) is 29.4 Å². The number of thiocarbonyl (C=S) groups is 1. The van der Waals surface area contributed by atoms with E-state index in [4.69, 9.17) is 17.0 Å². The van der Waals surface area contributed by atoms with E-state index in [1.54, 1.807) is 37.4 Å². The third-order valence-corrected chi connectivity index (χ3v) is 3.54. The summed E-state index contributed by atoms with van der Waals surface area (Å²) in [6, 6.07) is 6.96. The molecule has 122 valence electrons. The van der Waals surface area contributed by atoms with Gasteiger partial charge in [-0.15, -0.1) is 0 Å². The van der Waals surface area contributed by atoms with Gasteiger partial charge < -0.3 is 15.4 Å². The van der Waals surface area contributed by atoms with Gasteiger partial charge in [-0.3, -0.25) is 4.68 Å². The Hall–Kier alpha value is -1.93. The molecule has 0 aliphatic rings. The Morgan fingerprint density at radius 2 is 2.13 bits per heavy atom. The maximum atomic E-state index is 11.6. The average Bonchev–Trinajstić information content (AvgIpc) is 2.93. The first kappa shape index (κ1) is 17.4. The van der Waals surface area contributed by atoms with Crippen LogP contribution < -0.4 is 10.6 Å². The second-order valence-electron chi connectivity index (χ2n) is 4.60. The minimum Gasteiger partial charge on any atom is -0.462 e. The number of ether oxygens (including phenoxy) is 1. The fourth-order valence-corrected chi connectivity index (χ4v) is 2.37. The predicted octanol–water partition coefficient (Wildman–Crippen LogP) is 2.81. The van der Waals surface area contributed by atoms with Crippen molar-refractivity contribution >= 4 is 44.9 Å². The smallest absolute Gasteiger partial charge is 0.338 e. The van der Waals surface area contributed by atoms with Crippen LogP contribution in [0.5, 0.6) is 0 Å². The van der Waals surface area contributed by atoms with Crippen molar-refractivity contribution in [2.45, 2.75) is 13.5 Å². The first-order valence-electron chi connectivity index (χ1n) is 7.08. The van der Waals surface area contributed by atoms with Crippen LogP contribution in [0.4, 0.5) is 5.69 Å². The number of nitrogens with zero attached hydrogens (tertiary/aromatic N) is 2. The minimum atomic E-state index is -0.329. The molecule has 0 amide bonds. The van der Waals surface area contributed by atoms with Crippen molar-refractivity contribution in [3.05, 3.63) is 46.7 Å². The van der Waals surface area contributed by atoms with Crippen LogP contribution >= 0.6 is 28.1 Å². The van der Waals surface area contributed by atoms with Crippen molar-refractivity contribution in [1.29, 1.82) is 0 Å². The second-order valence-corrected chi connectivity index (χ2v) is 5.92. The van der Waals surface area contributed by atoms with Gasteiger partial charge in [0.25, 0.3) is 0 Å². The highest BCUT2D eigenvalue weighted by molar-refractivity contribution is 9.10. The number of carbonyl (C=O) groups is 1. The molecule has 2 aromatic rings. The summed E-state index contributed by atoms with van der Waals surface area (Å²) in [4.78, 5) is 11.6. The minimum absolute atomic E-state index is 0.329. The first-order valence-corrected chi connectivity index (χ1v) is 8.28. The van der Waals surface area contributed by atoms with Crippen LogP contribution in [-0.4, -0.2) is 34.0 Å². The molecule has 0 aliphatic carbocycles. The average molecular weight is 397 g/mol. The van der Waals surface area contributed by atoms with Gasteiger partial charge in [-0.1, -0.05) is 0 Å². The van der Waals surface area contributed by atoms with Crippen molar-refractivity contribution in [3.63, 3.8) is 0 Å². The summed E-state index contributed by atoms with van der Waals surface area (Å²) in [6.07, 6.45) is 3.63. The molecule has 23 heavy (non-hydrogen) atoms. The molecule has 2 rings (SSSR count). The Bertz CT molecular complexity index is 672. The number of hydrogen-bond donors (Lipinski definition) is 2. The maximum Gasteiger partial charge on any atom is 0.338 e. The number of rotatable bonds is 6. The van der Waals surface area contributed by atoms with Gasteiger partial charge in [0.15, 0.2) is 5.11 Å². The predicted molar refractivity (Wildman–Crippen MR) is 96.5 cm³/mol. The van der Waals surface area contributed by atoms with Gasteiger partial charge in [0.1, 0.15) is 0 Å². The first-order chi connectivity index (χ1) is 11.1. The summed E-state index contributed by atoms with van der Waals surface area (Å²) in [6.45, 7) is 3.50. The van der Waals surface area contributed by atoms with E-state index < -0.39 is 0 Å². The zero-order chi connectivity index (χ0) is 16.7. The topological polar surface area (TPSA) is 68.2 Å². The molecule has 0 aliphatic heterocycles. The molecule has 1 aromatic carbocycles. The van der Waals surface area contributed by atoms with Crippen LogP contribution in [0.15, 0.2) is 41.1 Å². The molecule has 0 radical (unpaired) electrons. The van der Waals surface area contributed by atoms with Crippen molar-refractivity contribution in [2.24, 2.45) is 0 Å². The molecule has 0 saturated carbocycles. The third-order valence-electron chi connectivity index (χ3n) is 2.88. The fourth-order valence-electron chi connectivity index (χ4n) is 1.82. The molecule has 8 heteroatoms. The number of esters is 1. The summed E-state index contributed by atoms with van der Waals surface area (Å²) in [7, 11) is 0. The van der Waals surface area contributed by atoms with E-state index in [9.17, 15) is 4.79 Å². The van der Waals surface area contributed by atoms with Crippen molar-refractivity contribution in [2.75, 3.05) is 18.5 Å². The number of carbonyl (C=O) groups excluding carboxylic acids is 1. The Morgan fingerprint density at radius 3 is 2.74 bits per heavy atom. The molecule has 0 fully saturated rings. The number of aromatic nitrogens is 2. The largest absolute Gasteiger partial charge is 0.462 e. The zero-order valence-corrected chi connectivity index (χ0v) is 15.0. The Morgan fingerprint density at radius 1 is 1.39 bits per heavy atom. The molecule has 0 bridgehead atoms. The number of nitrogens with one attached hydrogen (secondary N) is 2. The van der Waals surface area contributed by atoms with Gasteiger partial charge in [0, 0.05) is 18.4 Å². The summed E-state index contributed by atoms with van der Waals surface area (Å²) in [5, 5.41) is 10.8. The summed E-state index contributed by atoms with van der Waals surface area (Å²) in [5.41, 5.74) is 1.32. The molecule has 0 spiro atoms. The Balaban J connectivity index is 1.77. The monoisotopic (exact) mass is 396 g/mol. The highest BCUT2D eigenvalue weighted by Gasteiger charge is 2.06. The van der Waals surface area contributed by atoms with E-state index in [0.29, 0.717) is 30.4 Å². The van der Waals surface area contributed by atoms with E-state index in [0.717, 1.165) is 10.2 Å². The standard InChI is InChI=1S/C15H17BrN4O2S/c1-2-22-14(21)11-3-5-13(6-4-11)19-15(23)17-7-8-20-10-12(16)9-18-20/h3-6,9-10H,2,7-8H2,1H3,(H2,17,19,23). The molecule has 2 N–H and O–H groups in total. The van der Waals surface area contributed by atoms with E-state index in [2.05, 4.69) is 31.7 Å². The summed E-state index contributed by atoms with van der Waals surface area (Å²) < 4.78 is 7.69. The third kappa shape index (κ3) is 5.65. The number of halogens is 1. The Kier molecular flexibility index (Phi) is 6.54. The highest BCUT2D eigenvalue weighted by atomic mass is 79.9. The lowest BCUT2D eigenvalue weighted by atomic mass is 10.2. The summed E-state index contributed by atoms with van der Waals surface area (Å²) in [5.74, 6) is -0.329. The van der Waals surface area contributed by atoms with Crippen molar-refractivity contribution < 1.29 is 9.53 Å². The fraction of sp³-hybridized carbons (Fsp3) is 0.267. The van der Waals surface area contributed by atoms with E-state index >= 15 is 0 Å². The molecular formula is C15H17BrN4O2S. The molecule has 0 unspecified atom stereocenters. The van der Waals surface area contributed by atoms with Crippen molar-refractivity contribution in [1.82, 2.24) is 15.1 Å². The van der Waals surface area contributed by atoms with Gasteiger partial charge in [-0.2, -0.15) is 5.10 Å². The molecule has 1 heterocycles. The SMILES string of the molecule is CCOC(=O)c1ccc(NC(=S)NCCn2cc(Br)cn2)cc1. The molecule has 6 nitrogen and oxygen atoms in total. The molecule has 1 aromatic heterocycles. The number of benzene rings is 1. The second kappa shape index (κ2) is 8.64. The van der Waals surface area contributed by atoms with Crippen LogP contribution in [0, 0.1) is 0 Å². The normalized spacial score (nSPS) is 10.2. The lowest BCUT2D eigenvalue weighted by molar-refractivity contribution is 0.0526. The lowest BCUT2D eigenvalue weighted by Crippen LogP contribution is -2.31. The van der Waals surface area contributed by atoms with Gasteiger partial charge in [-0.25, -0.2) is 4.79 Å². The van der Waals surface area contributed by atoms with Crippen LogP contribution in [0.25, 0.3) is 0 Å².